The van der Waals surface area contributed by atoms with E-state index < -0.39 is 0 Å². The first-order chi connectivity index (χ1) is 12.7. The maximum atomic E-state index is 12.4. The summed E-state index contributed by atoms with van der Waals surface area (Å²) in [4.78, 5) is 25.6. The zero-order valence-electron chi connectivity index (χ0n) is 14.3. The number of hydrogen-bond donors (Lipinski definition) is 1. The summed E-state index contributed by atoms with van der Waals surface area (Å²) in [5.74, 6) is 0.667. The fraction of sp³-hybridized carbons (Fsp3) is 0.300. The molecule has 1 aromatic heterocycles. The van der Waals surface area contributed by atoms with Gasteiger partial charge in [-0.2, -0.15) is 0 Å². The molecule has 0 fully saturated rings. The molecule has 1 N–H and O–H groups in total. The van der Waals surface area contributed by atoms with E-state index in [4.69, 9.17) is 4.42 Å². The number of aryl methyl sites for hydroxylation is 1. The van der Waals surface area contributed by atoms with Crippen LogP contribution in [-0.4, -0.2) is 16.2 Å². The SMILES string of the molecule is O=C(CCCn1c(=O)oc2ccccc21)NC1CCSc2ccccc21. The highest BCUT2D eigenvalue weighted by molar-refractivity contribution is 7.99. The molecule has 2 aromatic carbocycles. The Morgan fingerprint density at radius 1 is 1.19 bits per heavy atom. The van der Waals surface area contributed by atoms with Gasteiger partial charge in [-0.15, -0.1) is 11.8 Å². The summed E-state index contributed by atoms with van der Waals surface area (Å²) in [7, 11) is 0. The molecule has 134 valence electrons. The topological polar surface area (TPSA) is 64.2 Å². The quantitative estimate of drug-likeness (QED) is 0.745. The fourth-order valence-electron chi connectivity index (χ4n) is 3.38. The van der Waals surface area contributed by atoms with Gasteiger partial charge in [0.25, 0.3) is 0 Å². The summed E-state index contributed by atoms with van der Waals surface area (Å²) >= 11 is 1.84. The molecule has 2 heterocycles. The van der Waals surface area contributed by atoms with Crippen molar-refractivity contribution in [2.75, 3.05) is 5.75 Å². The Hall–Kier alpha value is -2.47. The van der Waals surface area contributed by atoms with Crippen molar-refractivity contribution in [3.05, 3.63) is 64.6 Å². The number of rotatable bonds is 5. The van der Waals surface area contributed by atoms with Crippen molar-refractivity contribution in [1.82, 2.24) is 9.88 Å². The number of oxazole rings is 1. The summed E-state index contributed by atoms with van der Waals surface area (Å²) in [6.07, 6.45) is 1.93. The van der Waals surface area contributed by atoms with Crippen LogP contribution in [0.5, 0.6) is 0 Å². The number of hydrogen-bond acceptors (Lipinski definition) is 4. The summed E-state index contributed by atoms with van der Waals surface area (Å²) in [5.41, 5.74) is 2.56. The highest BCUT2D eigenvalue weighted by atomic mass is 32.2. The van der Waals surface area contributed by atoms with Gasteiger partial charge >= 0.3 is 5.76 Å². The third-order valence-corrected chi connectivity index (χ3v) is 5.78. The lowest BCUT2D eigenvalue weighted by molar-refractivity contribution is -0.122. The average molecular weight is 368 g/mol. The molecule has 1 aliphatic heterocycles. The maximum absolute atomic E-state index is 12.4. The van der Waals surface area contributed by atoms with Crippen molar-refractivity contribution < 1.29 is 9.21 Å². The van der Waals surface area contributed by atoms with Gasteiger partial charge in [-0.05, 0) is 36.6 Å². The van der Waals surface area contributed by atoms with Crippen LogP contribution in [0.1, 0.15) is 30.9 Å². The number of nitrogens with zero attached hydrogens (tertiary/aromatic N) is 1. The molecule has 1 atom stereocenters. The molecule has 0 radical (unpaired) electrons. The fourth-order valence-corrected chi connectivity index (χ4v) is 4.51. The minimum absolute atomic E-state index is 0.0255. The second kappa shape index (κ2) is 7.41. The first-order valence-corrected chi connectivity index (χ1v) is 9.80. The molecule has 5 nitrogen and oxygen atoms in total. The number of aromatic nitrogens is 1. The van der Waals surface area contributed by atoms with E-state index in [0.717, 1.165) is 17.7 Å². The number of benzene rings is 2. The van der Waals surface area contributed by atoms with Gasteiger partial charge < -0.3 is 9.73 Å². The molecule has 0 saturated heterocycles. The monoisotopic (exact) mass is 368 g/mol. The van der Waals surface area contributed by atoms with Crippen molar-refractivity contribution in [1.29, 1.82) is 0 Å². The highest BCUT2D eigenvalue weighted by Gasteiger charge is 2.21. The molecule has 3 aromatic rings. The lowest BCUT2D eigenvalue weighted by Crippen LogP contribution is -2.30. The van der Waals surface area contributed by atoms with E-state index in [1.54, 1.807) is 10.6 Å². The van der Waals surface area contributed by atoms with Crippen LogP contribution >= 0.6 is 11.8 Å². The maximum Gasteiger partial charge on any atom is 0.419 e. The average Bonchev–Trinajstić information content (AvgIpc) is 2.98. The number of nitrogens with one attached hydrogen (secondary N) is 1. The van der Waals surface area contributed by atoms with E-state index in [-0.39, 0.29) is 17.7 Å². The predicted molar refractivity (Wildman–Crippen MR) is 102 cm³/mol. The van der Waals surface area contributed by atoms with Crippen LogP contribution in [-0.2, 0) is 11.3 Å². The molecule has 26 heavy (non-hydrogen) atoms. The van der Waals surface area contributed by atoms with E-state index in [1.165, 1.54) is 10.5 Å². The molecule has 0 bridgehead atoms. The van der Waals surface area contributed by atoms with Crippen LogP contribution in [0.25, 0.3) is 11.1 Å². The van der Waals surface area contributed by atoms with Gasteiger partial charge in [0.15, 0.2) is 5.58 Å². The molecule has 6 heteroatoms. The minimum atomic E-state index is -0.371. The van der Waals surface area contributed by atoms with Gasteiger partial charge in [0, 0.05) is 23.6 Å². The molecule has 4 rings (SSSR count). The summed E-state index contributed by atoms with van der Waals surface area (Å²) in [6, 6.07) is 15.7. The van der Waals surface area contributed by atoms with Crippen LogP contribution < -0.4 is 11.1 Å². The van der Waals surface area contributed by atoms with Gasteiger partial charge in [-0.25, -0.2) is 4.79 Å². The Kier molecular flexibility index (Phi) is 4.84. The van der Waals surface area contributed by atoms with Crippen LogP contribution in [0.15, 0.2) is 62.6 Å². The third kappa shape index (κ3) is 3.42. The van der Waals surface area contributed by atoms with Gasteiger partial charge in [0.1, 0.15) is 0 Å². The lowest BCUT2D eigenvalue weighted by atomic mass is 10.0. The molecular weight excluding hydrogens is 348 g/mol. The van der Waals surface area contributed by atoms with E-state index in [9.17, 15) is 9.59 Å². The van der Waals surface area contributed by atoms with Gasteiger partial charge in [0.05, 0.1) is 11.6 Å². The Balaban J connectivity index is 1.36. The lowest BCUT2D eigenvalue weighted by Gasteiger charge is -2.25. The Bertz CT molecular complexity index is 992. The smallest absolute Gasteiger partial charge is 0.408 e. The number of carbonyl (C=O) groups excluding carboxylic acids is 1. The van der Waals surface area contributed by atoms with Crippen LogP contribution in [0, 0.1) is 0 Å². The molecule has 0 aliphatic carbocycles. The highest BCUT2D eigenvalue weighted by Crippen LogP contribution is 2.35. The zero-order valence-corrected chi connectivity index (χ0v) is 15.1. The van der Waals surface area contributed by atoms with Gasteiger partial charge in [-0.3, -0.25) is 9.36 Å². The summed E-state index contributed by atoms with van der Waals surface area (Å²) in [5, 5.41) is 3.14. The molecule has 0 spiro atoms. The third-order valence-electron chi connectivity index (χ3n) is 4.65. The van der Waals surface area contributed by atoms with Crippen LogP contribution in [0.2, 0.25) is 0 Å². The number of para-hydroxylation sites is 2. The van der Waals surface area contributed by atoms with Crippen molar-refractivity contribution in [3.8, 4) is 0 Å². The molecule has 1 amide bonds. The van der Waals surface area contributed by atoms with Crippen molar-refractivity contribution in [2.45, 2.75) is 36.7 Å². The second-order valence-corrected chi connectivity index (χ2v) is 7.52. The zero-order chi connectivity index (χ0) is 17.9. The number of carbonyl (C=O) groups is 1. The van der Waals surface area contributed by atoms with E-state index >= 15 is 0 Å². The Morgan fingerprint density at radius 2 is 2.00 bits per heavy atom. The van der Waals surface area contributed by atoms with Crippen molar-refractivity contribution in [3.63, 3.8) is 0 Å². The molecule has 1 aliphatic rings. The van der Waals surface area contributed by atoms with Crippen molar-refractivity contribution in [2.24, 2.45) is 0 Å². The second-order valence-electron chi connectivity index (χ2n) is 6.39. The van der Waals surface area contributed by atoms with E-state index in [2.05, 4.69) is 17.4 Å². The number of amides is 1. The summed E-state index contributed by atoms with van der Waals surface area (Å²) in [6.45, 7) is 0.473. The van der Waals surface area contributed by atoms with Gasteiger partial charge in [-0.1, -0.05) is 30.3 Å². The van der Waals surface area contributed by atoms with E-state index in [1.807, 2.05) is 42.1 Å². The summed E-state index contributed by atoms with van der Waals surface area (Å²) < 4.78 is 6.81. The normalized spacial score (nSPS) is 16.4. The minimum Gasteiger partial charge on any atom is -0.408 e. The standard InChI is InChI=1S/C20H20N2O3S/c23-19(21-15-11-13-26-18-9-4-1-6-14(15)18)10-5-12-22-16-7-2-3-8-17(16)25-20(22)24/h1-4,6-9,15H,5,10-13H2,(H,21,23). The first-order valence-electron chi connectivity index (χ1n) is 8.82. The van der Waals surface area contributed by atoms with Crippen LogP contribution in [0.3, 0.4) is 0 Å². The van der Waals surface area contributed by atoms with Gasteiger partial charge in [0.2, 0.25) is 5.91 Å². The molecular formula is C20H20N2O3S. The largest absolute Gasteiger partial charge is 0.419 e. The van der Waals surface area contributed by atoms with Crippen LogP contribution in [0.4, 0.5) is 0 Å². The Morgan fingerprint density at radius 3 is 2.92 bits per heavy atom. The van der Waals surface area contributed by atoms with Crippen molar-refractivity contribution >= 4 is 28.8 Å². The predicted octanol–water partition coefficient (Wildman–Crippen LogP) is 3.73. The van der Waals surface area contributed by atoms with E-state index in [0.29, 0.717) is 25.0 Å². The Labute approximate surface area is 155 Å². The first kappa shape index (κ1) is 17.0. The molecule has 0 saturated carbocycles. The number of thioether (sulfide) groups is 1. The molecule has 1 unspecified atom stereocenters. The number of fused-ring (bicyclic) bond motifs is 2.